The smallest absolute Gasteiger partial charge is 0.393 e. The second-order valence-corrected chi connectivity index (χ2v) is 13.2. The average molecular weight is 474 g/mol. The Labute approximate surface area is 206 Å². The second-order valence-electron chi connectivity index (χ2n) is 13.2. The van der Waals surface area contributed by atoms with E-state index in [0.717, 1.165) is 55.7 Å². The van der Waals surface area contributed by atoms with Gasteiger partial charge in [0.25, 0.3) is 0 Å². The van der Waals surface area contributed by atoms with Gasteiger partial charge in [-0.25, -0.2) is 4.79 Å². The van der Waals surface area contributed by atoms with Gasteiger partial charge in [0.05, 0.1) is 11.8 Å². The van der Waals surface area contributed by atoms with Crippen molar-refractivity contribution in [2.75, 3.05) is 13.1 Å². The standard InChI is InChI=1S/C28H47N3O3/c1-17-13-20(29-15-17)16-30-26(33)34-31-18(2)23-7-8-24-22-6-5-19-14-21(32)9-11-27(19,3)25(22)10-12-28(23,24)4/h17,19-25,29,32H,5-16H2,1-4H3,(H,30,33)/b31-18+/t17?,19-,20?,21+,22+,23-,24+,25+,27+,28-/m1/s1. The molecular weight excluding hydrogens is 426 g/mol. The molecule has 10 atom stereocenters. The minimum absolute atomic E-state index is 0.0756. The van der Waals surface area contributed by atoms with Crippen molar-refractivity contribution in [3.8, 4) is 0 Å². The Morgan fingerprint density at radius 2 is 1.82 bits per heavy atom. The van der Waals surface area contributed by atoms with Crippen LogP contribution in [0.5, 0.6) is 0 Å². The molecule has 0 aromatic carbocycles. The maximum absolute atomic E-state index is 12.3. The maximum Gasteiger partial charge on any atom is 0.433 e. The molecule has 4 saturated carbocycles. The lowest BCUT2D eigenvalue weighted by Gasteiger charge is -2.61. The van der Waals surface area contributed by atoms with E-state index in [-0.39, 0.29) is 11.5 Å². The van der Waals surface area contributed by atoms with Gasteiger partial charge in [-0.3, -0.25) is 4.84 Å². The summed E-state index contributed by atoms with van der Waals surface area (Å²) in [5, 5.41) is 20.9. The number of hydrogen-bond acceptors (Lipinski definition) is 5. The molecule has 0 aromatic heterocycles. The minimum atomic E-state index is -0.435. The molecule has 34 heavy (non-hydrogen) atoms. The van der Waals surface area contributed by atoms with Gasteiger partial charge in [-0.15, -0.1) is 0 Å². The molecule has 1 heterocycles. The van der Waals surface area contributed by atoms with E-state index in [9.17, 15) is 9.90 Å². The van der Waals surface area contributed by atoms with Gasteiger partial charge in [-0.05, 0) is 118 Å². The Kier molecular flexibility index (Phi) is 6.78. The number of hydrogen-bond donors (Lipinski definition) is 3. The zero-order valence-corrected chi connectivity index (χ0v) is 21.8. The van der Waals surface area contributed by atoms with Gasteiger partial charge in [-0.2, -0.15) is 0 Å². The summed E-state index contributed by atoms with van der Waals surface area (Å²) in [6.45, 7) is 11.0. The van der Waals surface area contributed by atoms with Crippen LogP contribution in [0, 0.1) is 46.3 Å². The molecule has 6 nitrogen and oxygen atoms in total. The highest BCUT2D eigenvalue weighted by atomic mass is 16.7. The van der Waals surface area contributed by atoms with Crippen LogP contribution < -0.4 is 10.6 Å². The third-order valence-electron chi connectivity index (χ3n) is 11.3. The van der Waals surface area contributed by atoms with E-state index in [1.54, 1.807) is 0 Å². The Morgan fingerprint density at radius 1 is 1.06 bits per heavy atom. The molecule has 5 fully saturated rings. The van der Waals surface area contributed by atoms with Crippen LogP contribution in [0.25, 0.3) is 0 Å². The van der Waals surface area contributed by atoms with Gasteiger partial charge >= 0.3 is 6.09 Å². The largest absolute Gasteiger partial charge is 0.433 e. The molecule has 5 rings (SSSR count). The first-order valence-corrected chi connectivity index (χ1v) is 14.1. The zero-order valence-electron chi connectivity index (χ0n) is 21.8. The Morgan fingerprint density at radius 3 is 2.59 bits per heavy atom. The van der Waals surface area contributed by atoms with Crippen molar-refractivity contribution in [2.24, 2.45) is 51.5 Å². The van der Waals surface area contributed by atoms with Crippen molar-refractivity contribution in [3.05, 3.63) is 0 Å². The lowest BCUT2D eigenvalue weighted by molar-refractivity contribution is -0.123. The number of carbonyl (C=O) groups is 1. The summed E-state index contributed by atoms with van der Waals surface area (Å²) in [4.78, 5) is 17.6. The molecule has 0 spiro atoms. The molecule has 4 aliphatic carbocycles. The summed E-state index contributed by atoms with van der Waals surface area (Å²) in [6.07, 6.45) is 11.4. The van der Waals surface area contributed by atoms with Crippen molar-refractivity contribution in [1.29, 1.82) is 0 Å². The van der Waals surface area contributed by atoms with E-state index in [0.29, 0.717) is 35.8 Å². The predicted molar refractivity (Wildman–Crippen MR) is 134 cm³/mol. The summed E-state index contributed by atoms with van der Waals surface area (Å²) < 4.78 is 0. The number of nitrogens with one attached hydrogen (secondary N) is 2. The maximum atomic E-state index is 12.3. The minimum Gasteiger partial charge on any atom is -0.393 e. The van der Waals surface area contributed by atoms with Crippen molar-refractivity contribution < 1.29 is 14.7 Å². The first-order valence-electron chi connectivity index (χ1n) is 14.1. The molecular formula is C28H47N3O3. The van der Waals surface area contributed by atoms with Crippen LogP contribution in [0.3, 0.4) is 0 Å². The number of amides is 1. The number of aliphatic hydroxyl groups is 1. The SMILES string of the molecule is C/C(=N\OC(=O)NCC1CC(C)CN1)[C@H]1CC[C@H]2[C@@H]3CC[C@@H]4C[C@@H](O)CC[C@]4(C)[C@H]3CC[C@]12C. The normalized spacial score (nSPS) is 48.6. The number of carbonyl (C=O) groups excluding carboxylic acids is 1. The van der Waals surface area contributed by atoms with E-state index in [2.05, 4.69) is 43.5 Å². The van der Waals surface area contributed by atoms with E-state index < -0.39 is 6.09 Å². The summed E-state index contributed by atoms with van der Waals surface area (Å²) >= 11 is 0. The van der Waals surface area contributed by atoms with Gasteiger partial charge in [0.2, 0.25) is 0 Å². The highest BCUT2D eigenvalue weighted by Crippen LogP contribution is 2.67. The molecule has 0 radical (unpaired) electrons. The first kappa shape index (κ1) is 24.5. The van der Waals surface area contributed by atoms with E-state index >= 15 is 0 Å². The van der Waals surface area contributed by atoms with Crippen LogP contribution in [0.2, 0.25) is 0 Å². The van der Waals surface area contributed by atoms with Crippen LogP contribution in [0.4, 0.5) is 4.79 Å². The van der Waals surface area contributed by atoms with Gasteiger partial charge in [0.1, 0.15) is 0 Å². The van der Waals surface area contributed by atoms with Gasteiger partial charge < -0.3 is 15.7 Å². The molecule has 0 bridgehead atoms. The monoisotopic (exact) mass is 473 g/mol. The van der Waals surface area contributed by atoms with E-state index in [1.807, 2.05) is 0 Å². The lowest BCUT2D eigenvalue weighted by Crippen LogP contribution is -2.54. The fourth-order valence-corrected chi connectivity index (χ4v) is 9.51. The van der Waals surface area contributed by atoms with Crippen LogP contribution in [-0.4, -0.2) is 42.1 Å². The quantitative estimate of drug-likeness (QED) is 0.301. The van der Waals surface area contributed by atoms with Crippen molar-refractivity contribution in [3.63, 3.8) is 0 Å². The first-order chi connectivity index (χ1) is 16.2. The molecule has 1 aliphatic heterocycles. The third kappa shape index (κ3) is 4.31. The molecule has 1 saturated heterocycles. The number of rotatable bonds is 4. The predicted octanol–water partition coefficient (Wildman–Crippen LogP) is 5.11. The summed E-state index contributed by atoms with van der Waals surface area (Å²) in [5.74, 6) is 4.13. The number of aliphatic hydroxyl groups excluding tert-OH is 1. The molecule has 0 aromatic rings. The van der Waals surface area contributed by atoms with Gasteiger partial charge in [-0.1, -0.05) is 25.9 Å². The average Bonchev–Trinajstić information content (AvgIpc) is 3.39. The Bertz CT molecular complexity index is 802. The second kappa shape index (κ2) is 9.38. The molecule has 2 unspecified atom stereocenters. The fourth-order valence-electron chi connectivity index (χ4n) is 9.51. The fraction of sp³-hybridized carbons (Fsp3) is 0.929. The van der Waals surface area contributed by atoms with Crippen molar-refractivity contribution in [2.45, 2.75) is 104 Å². The molecule has 1 amide bonds. The van der Waals surface area contributed by atoms with Crippen molar-refractivity contribution in [1.82, 2.24) is 10.6 Å². The molecule has 192 valence electrons. The van der Waals surface area contributed by atoms with Crippen LogP contribution >= 0.6 is 0 Å². The van der Waals surface area contributed by atoms with E-state index in [1.165, 1.54) is 38.5 Å². The highest BCUT2D eigenvalue weighted by molar-refractivity contribution is 5.85. The van der Waals surface area contributed by atoms with Crippen LogP contribution in [0.15, 0.2) is 5.16 Å². The van der Waals surface area contributed by atoms with E-state index in [4.69, 9.17) is 4.84 Å². The highest BCUT2D eigenvalue weighted by Gasteiger charge is 2.60. The zero-order chi connectivity index (χ0) is 24.1. The summed E-state index contributed by atoms with van der Waals surface area (Å²) in [7, 11) is 0. The number of nitrogens with zero attached hydrogens (tertiary/aromatic N) is 1. The van der Waals surface area contributed by atoms with Crippen molar-refractivity contribution >= 4 is 11.8 Å². The lowest BCUT2D eigenvalue weighted by atomic mass is 9.44. The van der Waals surface area contributed by atoms with Gasteiger partial charge in [0.15, 0.2) is 0 Å². The van der Waals surface area contributed by atoms with Gasteiger partial charge in [0, 0.05) is 18.5 Å². The Balaban J connectivity index is 1.20. The number of oxime groups is 1. The number of fused-ring (bicyclic) bond motifs is 5. The summed E-state index contributed by atoms with van der Waals surface area (Å²) in [6, 6.07) is 0.335. The van der Waals surface area contributed by atoms with Crippen LogP contribution in [-0.2, 0) is 4.84 Å². The summed E-state index contributed by atoms with van der Waals surface area (Å²) in [5.41, 5.74) is 1.67. The third-order valence-corrected chi connectivity index (χ3v) is 11.3. The molecule has 6 heteroatoms. The Hall–Kier alpha value is -1.14. The topological polar surface area (TPSA) is 83.0 Å². The molecule has 5 aliphatic rings. The molecule has 3 N–H and O–H groups in total. The van der Waals surface area contributed by atoms with Crippen LogP contribution in [0.1, 0.15) is 91.9 Å².